The molecule has 3 rings (SSSR count). The van der Waals surface area contributed by atoms with E-state index in [0.29, 0.717) is 11.3 Å². The van der Waals surface area contributed by atoms with Crippen LogP contribution in [-0.2, 0) is 10.5 Å². The zero-order valence-corrected chi connectivity index (χ0v) is 14.7. The molecule has 3 aromatic heterocycles. The van der Waals surface area contributed by atoms with Crippen LogP contribution < -0.4 is 0 Å². The molecule has 3 aromatic rings. The predicted molar refractivity (Wildman–Crippen MR) is 93.6 cm³/mol. The monoisotopic (exact) mass is 377 g/mol. The van der Waals surface area contributed by atoms with Gasteiger partial charge in [0.25, 0.3) is 0 Å². The molecule has 0 spiro atoms. The fraction of sp³-hybridized carbons (Fsp3) is 0.154. The first-order valence-electron chi connectivity index (χ1n) is 5.84. The van der Waals surface area contributed by atoms with E-state index in [9.17, 15) is 4.79 Å². The molecule has 0 amide bonds. The Morgan fingerprint density at radius 1 is 1.41 bits per heavy atom. The van der Waals surface area contributed by atoms with E-state index in [1.807, 2.05) is 10.8 Å². The van der Waals surface area contributed by atoms with Gasteiger partial charge in [-0.05, 0) is 12.1 Å². The Morgan fingerprint density at radius 3 is 2.95 bits per heavy atom. The molecule has 9 heteroatoms. The van der Waals surface area contributed by atoms with Crippen molar-refractivity contribution in [3.8, 4) is 0 Å². The van der Waals surface area contributed by atoms with Crippen molar-refractivity contribution in [1.29, 1.82) is 0 Å². The second kappa shape index (κ2) is 8.38. The van der Waals surface area contributed by atoms with E-state index < -0.39 is 0 Å². The van der Waals surface area contributed by atoms with Gasteiger partial charge in [0.15, 0.2) is 5.16 Å². The Morgan fingerprint density at radius 2 is 2.23 bits per heavy atom. The Balaban J connectivity index is 0.00000121. The van der Waals surface area contributed by atoms with E-state index >= 15 is 0 Å². The third kappa shape index (κ3) is 4.13. The van der Waals surface area contributed by atoms with Crippen LogP contribution in [0.4, 0.5) is 0 Å². The topological polar surface area (TPSA) is 67.9 Å². The molecule has 0 unspecified atom stereocenters. The molecule has 3 heterocycles. The highest BCUT2D eigenvalue weighted by Gasteiger charge is 2.08. The van der Waals surface area contributed by atoms with Crippen LogP contribution >= 0.6 is 47.9 Å². The Bertz CT molecular complexity index is 732. The van der Waals surface area contributed by atoms with Gasteiger partial charge in [-0.15, -0.1) is 36.2 Å². The van der Waals surface area contributed by atoms with Crippen LogP contribution in [0, 0.1) is 0 Å². The quantitative estimate of drug-likeness (QED) is 0.550. The predicted octanol–water partition coefficient (Wildman–Crippen LogP) is 3.94. The largest absolute Gasteiger partial charge is 0.465 e. The molecule has 0 atom stereocenters. The lowest BCUT2D eigenvalue weighted by atomic mass is 10.2. The average Bonchev–Trinajstić information content (AvgIpc) is 3.05. The zero-order chi connectivity index (χ0) is 13.9. The number of methoxy groups -OCH3 is 1. The van der Waals surface area contributed by atoms with Crippen molar-refractivity contribution in [1.82, 2.24) is 15.0 Å². The molecule has 0 saturated heterocycles. The fourth-order valence-electron chi connectivity index (χ4n) is 1.74. The first kappa shape index (κ1) is 18.8. The number of nitrogens with one attached hydrogen (secondary N) is 1. The third-order valence-corrected chi connectivity index (χ3v) is 4.34. The van der Waals surface area contributed by atoms with Gasteiger partial charge >= 0.3 is 5.97 Å². The maximum absolute atomic E-state index is 11.4. The van der Waals surface area contributed by atoms with Gasteiger partial charge < -0.3 is 9.72 Å². The summed E-state index contributed by atoms with van der Waals surface area (Å²) in [6.07, 6.45) is 1.61. The number of thiophene rings is 1. The first-order chi connectivity index (χ1) is 9.76. The number of carbonyl (C=O) groups is 1. The van der Waals surface area contributed by atoms with Crippen LogP contribution in [0.5, 0.6) is 0 Å². The van der Waals surface area contributed by atoms with Crippen LogP contribution in [0.15, 0.2) is 34.2 Å². The van der Waals surface area contributed by atoms with Crippen molar-refractivity contribution < 1.29 is 9.53 Å². The van der Waals surface area contributed by atoms with E-state index in [2.05, 4.69) is 15.0 Å². The number of pyridine rings is 1. The lowest BCUT2D eigenvalue weighted by molar-refractivity contribution is 0.0600. The summed E-state index contributed by atoms with van der Waals surface area (Å²) in [6.45, 7) is 0. The van der Waals surface area contributed by atoms with Gasteiger partial charge in [0.1, 0.15) is 5.52 Å². The minimum atomic E-state index is -0.350. The number of aromatic amines is 1. The number of nitrogens with zero attached hydrogens (tertiary/aromatic N) is 2. The molecule has 0 aliphatic carbocycles. The molecule has 22 heavy (non-hydrogen) atoms. The maximum Gasteiger partial charge on any atom is 0.337 e. The number of imidazole rings is 1. The summed E-state index contributed by atoms with van der Waals surface area (Å²) in [5.74, 6) is 0.293. The van der Waals surface area contributed by atoms with Crippen molar-refractivity contribution in [2.75, 3.05) is 7.11 Å². The van der Waals surface area contributed by atoms with Crippen molar-refractivity contribution in [2.24, 2.45) is 0 Å². The molecule has 0 fully saturated rings. The lowest BCUT2D eigenvalue weighted by Gasteiger charge is -2.02. The number of halogens is 2. The van der Waals surface area contributed by atoms with E-state index in [1.54, 1.807) is 41.4 Å². The van der Waals surface area contributed by atoms with Gasteiger partial charge in [-0.1, -0.05) is 11.8 Å². The Hall–Kier alpha value is -1.28. The molecule has 5 nitrogen and oxygen atoms in total. The second-order valence-corrected chi connectivity index (χ2v) is 5.74. The summed E-state index contributed by atoms with van der Waals surface area (Å²) in [6, 6.07) is 3.38. The molecule has 0 bridgehead atoms. The van der Waals surface area contributed by atoms with Crippen molar-refractivity contribution in [3.05, 3.63) is 40.3 Å². The number of H-pyrrole nitrogens is 1. The first-order valence-corrected chi connectivity index (χ1v) is 7.77. The highest BCUT2D eigenvalue weighted by Crippen LogP contribution is 2.24. The van der Waals surface area contributed by atoms with Crippen molar-refractivity contribution >= 4 is 64.9 Å². The second-order valence-electron chi connectivity index (χ2n) is 4.03. The van der Waals surface area contributed by atoms with Crippen LogP contribution in [0.2, 0.25) is 0 Å². The smallest absolute Gasteiger partial charge is 0.337 e. The number of aromatic nitrogens is 3. The number of hydrogen-bond acceptors (Lipinski definition) is 6. The molecule has 0 radical (unpaired) electrons. The summed E-state index contributed by atoms with van der Waals surface area (Å²) in [5, 5.41) is 4.89. The SMILES string of the molecule is COC(=O)c1ccnc(CSc2nc3cscc3[nH]2)c1.Cl.Cl. The minimum absolute atomic E-state index is 0. The summed E-state index contributed by atoms with van der Waals surface area (Å²) in [7, 11) is 1.37. The van der Waals surface area contributed by atoms with E-state index in [0.717, 1.165) is 21.9 Å². The van der Waals surface area contributed by atoms with E-state index in [4.69, 9.17) is 4.74 Å². The summed E-state index contributed by atoms with van der Waals surface area (Å²) < 4.78 is 4.69. The highest BCUT2D eigenvalue weighted by atomic mass is 35.5. The molecule has 0 aromatic carbocycles. The normalized spacial score (nSPS) is 9.86. The Labute approximate surface area is 147 Å². The lowest BCUT2D eigenvalue weighted by Crippen LogP contribution is -2.02. The molecule has 1 N–H and O–H groups in total. The molecule has 0 saturated carbocycles. The number of ether oxygens (including phenoxy) is 1. The van der Waals surface area contributed by atoms with Crippen LogP contribution in [0.25, 0.3) is 11.0 Å². The number of fused-ring (bicyclic) bond motifs is 1. The van der Waals surface area contributed by atoms with Crippen molar-refractivity contribution in [3.63, 3.8) is 0 Å². The van der Waals surface area contributed by atoms with E-state index in [1.165, 1.54) is 7.11 Å². The van der Waals surface area contributed by atoms with Gasteiger partial charge in [-0.25, -0.2) is 9.78 Å². The van der Waals surface area contributed by atoms with Gasteiger partial charge in [-0.2, -0.15) is 0 Å². The van der Waals surface area contributed by atoms with Crippen LogP contribution in [-0.4, -0.2) is 28.0 Å². The fourth-order valence-corrected chi connectivity index (χ4v) is 3.22. The standard InChI is InChI=1S/C13H11N3O2S2.2ClH/c1-18-12(17)8-2-3-14-9(4-8)5-20-13-15-10-6-19-7-11(10)16-13;;/h2-4,6-7H,5H2,1H3,(H,15,16);2*1H. The third-order valence-electron chi connectivity index (χ3n) is 2.70. The average molecular weight is 378 g/mol. The van der Waals surface area contributed by atoms with Gasteiger partial charge in [0.05, 0.1) is 23.9 Å². The van der Waals surface area contributed by atoms with Crippen LogP contribution in [0.1, 0.15) is 16.1 Å². The molecule has 0 aliphatic heterocycles. The summed E-state index contributed by atoms with van der Waals surface area (Å²) in [5.41, 5.74) is 3.36. The highest BCUT2D eigenvalue weighted by molar-refractivity contribution is 7.98. The molecule has 118 valence electrons. The number of thioether (sulfide) groups is 1. The molecule has 0 aliphatic rings. The Kier molecular flexibility index (Phi) is 7.15. The van der Waals surface area contributed by atoms with Crippen LogP contribution in [0.3, 0.4) is 0 Å². The number of carbonyl (C=O) groups excluding carboxylic acids is 1. The zero-order valence-electron chi connectivity index (χ0n) is 11.4. The number of hydrogen-bond donors (Lipinski definition) is 1. The molecular formula is C13H13Cl2N3O2S2. The number of esters is 1. The van der Waals surface area contributed by atoms with Crippen molar-refractivity contribution in [2.45, 2.75) is 10.9 Å². The van der Waals surface area contributed by atoms with Gasteiger partial charge in [0, 0.05) is 22.7 Å². The summed E-state index contributed by atoms with van der Waals surface area (Å²) in [4.78, 5) is 23.4. The molecular weight excluding hydrogens is 365 g/mol. The summed E-state index contributed by atoms with van der Waals surface area (Å²) >= 11 is 3.18. The van der Waals surface area contributed by atoms with Gasteiger partial charge in [-0.3, -0.25) is 4.98 Å². The maximum atomic E-state index is 11.4. The minimum Gasteiger partial charge on any atom is -0.465 e. The van der Waals surface area contributed by atoms with E-state index in [-0.39, 0.29) is 30.8 Å². The number of rotatable bonds is 4. The van der Waals surface area contributed by atoms with Gasteiger partial charge in [0.2, 0.25) is 0 Å².